The fourth-order valence-electron chi connectivity index (χ4n) is 4.14. The van der Waals surface area contributed by atoms with Gasteiger partial charge in [-0.2, -0.15) is 0 Å². The van der Waals surface area contributed by atoms with E-state index in [2.05, 4.69) is 10.2 Å². The number of carbonyl (C=O) groups is 2. The first kappa shape index (κ1) is 21.0. The van der Waals surface area contributed by atoms with Gasteiger partial charge in [0.05, 0.1) is 25.3 Å². The summed E-state index contributed by atoms with van der Waals surface area (Å²) in [6.45, 7) is 6.55. The van der Waals surface area contributed by atoms with Gasteiger partial charge in [-0.15, -0.1) is 11.3 Å². The normalized spacial score (nSPS) is 17.7. The zero-order valence-corrected chi connectivity index (χ0v) is 18.3. The second kappa shape index (κ2) is 9.73. The van der Waals surface area contributed by atoms with E-state index in [9.17, 15) is 9.59 Å². The Hall–Kier alpha value is -2.22. The van der Waals surface area contributed by atoms with Crippen LogP contribution in [0, 0.1) is 6.92 Å². The topological polar surface area (TPSA) is 61.9 Å². The van der Waals surface area contributed by atoms with Gasteiger partial charge in [-0.25, -0.2) is 0 Å². The maximum absolute atomic E-state index is 13.4. The van der Waals surface area contributed by atoms with Crippen LogP contribution in [0.5, 0.6) is 0 Å². The lowest BCUT2D eigenvalue weighted by atomic mass is 10.1. The van der Waals surface area contributed by atoms with E-state index in [-0.39, 0.29) is 11.8 Å². The van der Waals surface area contributed by atoms with Gasteiger partial charge in [0.15, 0.2) is 0 Å². The molecule has 1 aromatic carbocycles. The number of morpholine rings is 1. The number of thiophene rings is 1. The lowest BCUT2D eigenvalue weighted by Crippen LogP contribution is -2.41. The summed E-state index contributed by atoms with van der Waals surface area (Å²) < 4.78 is 5.40. The largest absolute Gasteiger partial charge is 0.378 e. The molecule has 1 N–H and O–H groups in total. The number of piperidine rings is 1. The van der Waals surface area contributed by atoms with Crippen LogP contribution >= 0.6 is 11.3 Å². The lowest BCUT2D eigenvalue weighted by molar-refractivity contribution is -0.117. The Bertz CT molecular complexity index is 885. The number of ether oxygens (including phenoxy) is 1. The molecule has 7 heteroatoms. The molecule has 30 heavy (non-hydrogen) atoms. The average molecular weight is 428 g/mol. The number of likely N-dealkylation sites (tertiary alicyclic amines) is 1. The summed E-state index contributed by atoms with van der Waals surface area (Å²) in [5.41, 5.74) is 2.61. The number of hydrogen-bond donors (Lipinski definition) is 1. The highest BCUT2D eigenvalue weighted by Crippen LogP contribution is 2.40. The molecule has 2 saturated heterocycles. The monoisotopic (exact) mass is 427 g/mol. The second-order valence-corrected chi connectivity index (χ2v) is 8.94. The average Bonchev–Trinajstić information content (AvgIpc) is 3.10. The van der Waals surface area contributed by atoms with Crippen molar-refractivity contribution in [3.8, 4) is 10.4 Å². The number of rotatable bonds is 5. The zero-order valence-electron chi connectivity index (χ0n) is 17.5. The van der Waals surface area contributed by atoms with Crippen LogP contribution in [0.15, 0.2) is 30.3 Å². The molecule has 0 unspecified atom stereocenters. The van der Waals surface area contributed by atoms with E-state index < -0.39 is 0 Å². The Kier molecular flexibility index (Phi) is 6.82. The van der Waals surface area contributed by atoms with Gasteiger partial charge in [0, 0.05) is 18.0 Å². The van der Waals surface area contributed by atoms with Crippen LogP contribution in [0.2, 0.25) is 0 Å². The van der Waals surface area contributed by atoms with E-state index in [1.165, 1.54) is 17.8 Å². The predicted octanol–water partition coefficient (Wildman–Crippen LogP) is 3.62. The summed E-state index contributed by atoms with van der Waals surface area (Å²) in [4.78, 5) is 31.2. The minimum Gasteiger partial charge on any atom is -0.378 e. The molecule has 2 aliphatic heterocycles. The molecule has 160 valence electrons. The van der Waals surface area contributed by atoms with Crippen molar-refractivity contribution in [2.45, 2.75) is 26.2 Å². The maximum Gasteiger partial charge on any atom is 0.257 e. The van der Waals surface area contributed by atoms with Crippen molar-refractivity contribution in [3.63, 3.8) is 0 Å². The molecule has 0 saturated carbocycles. The van der Waals surface area contributed by atoms with Crippen molar-refractivity contribution >= 4 is 28.2 Å². The van der Waals surface area contributed by atoms with Gasteiger partial charge in [0.1, 0.15) is 5.00 Å². The van der Waals surface area contributed by atoms with Gasteiger partial charge in [-0.05, 0) is 44.0 Å². The summed E-state index contributed by atoms with van der Waals surface area (Å²) in [5, 5.41) is 3.73. The van der Waals surface area contributed by atoms with Crippen molar-refractivity contribution in [2.24, 2.45) is 0 Å². The zero-order chi connectivity index (χ0) is 20.9. The van der Waals surface area contributed by atoms with E-state index in [0.29, 0.717) is 43.4 Å². The minimum absolute atomic E-state index is 0.0255. The summed E-state index contributed by atoms with van der Waals surface area (Å²) in [6, 6.07) is 10.1. The standard InChI is InChI=1S/C23H29N3O3S/c1-17-20(23(28)26-12-14-29-15-13-26)22(30-21(17)18-8-4-2-5-9-18)24-19(27)16-25-10-6-3-7-11-25/h2,4-5,8-9H,3,6-7,10-16H2,1H3,(H,24,27). The minimum atomic E-state index is -0.0474. The number of benzene rings is 1. The molecule has 0 atom stereocenters. The highest BCUT2D eigenvalue weighted by molar-refractivity contribution is 7.20. The molecule has 2 aromatic rings. The number of amides is 2. The van der Waals surface area contributed by atoms with Crippen molar-refractivity contribution in [3.05, 3.63) is 41.5 Å². The van der Waals surface area contributed by atoms with Crippen LogP contribution < -0.4 is 5.32 Å². The van der Waals surface area contributed by atoms with Gasteiger partial charge in [-0.3, -0.25) is 14.5 Å². The predicted molar refractivity (Wildman–Crippen MR) is 120 cm³/mol. The lowest BCUT2D eigenvalue weighted by Gasteiger charge is -2.27. The van der Waals surface area contributed by atoms with Crippen molar-refractivity contribution in [1.29, 1.82) is 0 Å². The number of nitrogens with one attached hydrogen (secondary N) is 1. The Morgan fingerprint density at radius 1 is 1.03 bits per heavy atom. The van der Waals surface area contributed by atoms with Crippen LogP contribution in [-0.2, 0) is 9.53 Å². The third-order valence-corrected chi connectivity index (χ3v) is 7.02. The molecule has 0 bridgehead atoms. The van der Waals surface area contributed by atoms with Crippen LogP contribution in [0.4, 0.5) is 5.00 Å². The molecule has 2 fully saturated rings. The van der Waals surface area contributed by atoms with E-state index in [0.717, 1.165) is 41.9 Å². The highest BCUT2D eigenvalue weighted by Gasteiger charge is 2.28. The molecule has 0 spiro atoms. The highest BCUT2D eigenvalue weighted by atomic mass is 32.1. The van der Waals surface area contributed by atoms with E-state index in [1.807, 2.05) is 42.2 Å². The fraction of sp³-hybridized carbons (Fsp3) is 0.478. The Balaban J connectivity index is 1.61. The molecular weight excluding hydrogens is 398 g/mol. The van der Waals surface area contributed by atoms with Gasteiger partial charge in [0.25, 0.3) is 5.91 Å². The van der Waals surface area contributed by atoms with Gasteiger partial charge in [0.2, 0.25) is 5.91 Å². The molecule has 4 rings (SSSR count). The third kappa shape index (κ3) is 4.74. The molecule has 6 nitrogen and oxygen atoms in total. The van der Waals surface area contributed by atoms with E-state index in [4.69, 9.17) is 4.74 Å². The summed E-state index contributed by atoms with van der Waals surface area (Å²) in [6.07, 6.45) is 3.52. The van der Waals surface area contributed by atoms with Crippen LogP contribution in [0.1, 0.15) is 35.2 Å². The molecule has 2 aliphatic rings. The molecule has 0 radical (unpaired) electrons. The summed E-state index contributed by atoms with van der Waals surface area (Å²) in [7, 11) is 0. The summed E-state index contributed by atoms with van der Waals surface area (Å²) >= 11 is 1.49. The van der Waals surface area contributed by atoms with E-state index >= 15 is 0 Å². The molecule has 3 heterocycles. The third-order valence-electron chi connectivity index (χ3n) is 5.76. The molecule has 0 aliphatic carbocycles. The first-order chi connectivity index (χ1) is 14.6. The van der Waals surface area contributed by atoms with E-state index in [1.54, 1.807) is 0 Å². The number of anilines is 1. The number of nitrogens with zero attached hydrogens (tertiary/aromatic N) is 2. The fourth-order valence-corrected chi connectivity index (χ4v) is 5.36. The van der Waals surface area contributed by atoms with Crippen LogP contribution in [0.3, 0.4) is 0 Å². The van der Waals surface area contributed by atoms with Gasteiger partial charge >= 0.3 is 0 Å². The molecule has 2 amide bonds. The Labute approximate surface area is 181 Å². The van der Waals surface area contributed by atoms with Crippen LogP contribution in [-0.4, -0.2) is 67.6 Å². The van der Waals surface area contributed by atoms with Crippen molar-refractivity contribution < 1.29 is 14.3 Å². The molecule has 1 aromatic heterocycles. The molecular formula is C23H29N3O3S. The Morgan fingerprint density at radius 2 is 1.73 bits per heavy atom. The van der Waals surface area contributed by atoms with Gasteiger partial charge < -0.3 is 15.0 Å². The number of hydrogen-bond acceptors (Lipinski definition) is 5. The smallest absolute Gasteiger partial charge is 0.257 e. The Morgan fingerprint density at radius 3 is 2.43 bits per heavy atom. The first-order valence-electron chi connectivity index (χ1n) is 10.7. The van der Waals surface area contributed by atoms with Crippen molar-refractivity contribution in [2.75, 3.05) is 51.3 Å². The maximum atomic E-state index is 13.4. The second-order valence-electron chi connectivity index (χ2n) is 7.92. The summed E-state index contributed by atoms with van der Waals surface area (Å²) in [5.74, 6) is -0.0729. The van der Waals surface area contributed by atoms with Crippen LogP contribution in [0.25, 0.3) is 10.4 Å². The SMILES string of the molecule is Cc1c(-c2ccccc2)sc(NC(=O)CN2CCCCC2)c1C(=O)N1CCOCC1. The number of carbonyl (C=O) groups excluding carboxylic acids is 2. The quantitative estimate of drug-likeness (QED) is 0.792. The first-order valence-corrected chi connectivity index (χ1v) is 11.5. The van der Waals surface area contributed by atoms with Crippen molar-refractivity contribution in [1.82, 2.24) is 9.80 Å². The van der Waals surface area contributed by atoms with Gasteiger partial charge in [-0.1, -0.05) is 36.8 Å².